The van der Waals surface area contributed by atoms with Gasteiger partial charge in [-0.2, -0.15) is 0 Å². The summed E-state index contributed by atoms with van der Waals surface area (Å²) in [6.45, 7) is 11.0. The van der Waals surface area contributed by atoms with Crippen LogP contribution in [0.25, 0.3) is 50.0 Å². The minimum atomic E-state index is 0.930. The van der Waals surface area contributed by atoms with Crippen LogP contribution < -0.4 is 4.90 Å². The van der Waals surface area contributed by atoms with Crippen molar-refractivity contribution in [3.8, 4) is 22.3 Å². The number of benzene rings is 7. The van der Waals surface area contributed by atoms with Crippen LogP contribution in [-0.2, 0) is 0 Å². The average molecular weight is 815 g/mol. The summed E-state index contributed by atoms with van der Waals surface area (Å²) in [5.74, 6) is 0. The number of hydrogen-bond donors (Lipinski definition) is 0. The van der Waals surface area contributed by atoms with E-state index in [0.717, 1.165) is 75.1 Å². The largest absolute Gasteiger partial charge is 0.310 e. The fraction of sp³-hybridized carbons (Fsp3) is 0.131. The zero-order valence-corrected chi connectivity index (χ0v) is 37.1. The Morgan fingerprint density at radius 3 is 1.84 bits per heavy atom. The second kappa shape index (κ2) is 19.9. The van der Waals surface area contributed by atoms with Crippen LogP contribution in [-0.4, -0.2) is 5.71 Å². The lowest BCUT2D eigenvalue weighted by molar-refractivity contribution is 0.956. The number of rotatable bonds is 14. The molecule has 8 aromatic carbocycles. The number of aliphatic imine (C=N–C) groups is 1. The molecule has 0 radical (unpaired) electrons. The Hall–Kier alpha value is -7.47. The number of nitrogens with zero attached hydrogens (tertiary/aromatic N) is 2. The van der Waals surface area contributed by atoms with Crippen molar-refractivity contribution in [2.24, 2.45) is 4.99 Å². The van der Waals surface area contributed by atoms with Gasteiger partial charge in [0.05, 0.1) is 5.70 Å². The molecular formula is C61H54N2. The van der Waals surface area contributed by atoms with Gasteiger partial charge in [0.15, 0.2) is 0 Å². The molecule has 0 aliphatic rings. The van der Waals surface area contributed by atoms with Crippen molar-refractivity contribution in [2.75, 3.05) is 4.90 Å². The first-order valence-corrected chi connectivity index (χ1v) is 22.2. The first kappa shape index (κ1) is 42.2. The van der Waals surface area contributed by atoms with Gasteiger partial charge in [0.25, 0.3) is 0 Å². The molecule has 0 aliphatic carbocycles. The van der Waals surface area contributed by atoms with E-state index in [4.69, 9.17) is 4.99 Å². The van der Waals surface area contributed by atoms with E-state index in [-0.39, 0.29) is 0 Å². The van der Waals surface area contributed by atoms with Crippen LogP contribution in [0, 0.1) is 19.1 Å². The van der Waals surface area contributed by atoms with Crippen molar-refractivity contribution in [1.29, 1.82) is 0 Å². The van der Waals surface area contributed by atoms with Crippen LogP contribution in [0.2, 0.25) is 0 Å². The topological polar surface area (TPSA) is 15.6 Å². The highest BCUT2D eigenvalue weighted by Crippen LogP contribution is 2.40. The van der Waals surface area contributed by atoms with E-state index in [1.54, 1.807) is 0 Å². The lowest BCUT2D eigenvalue weighted by Crippen LogP contribution is -2.16. The molecule has 63 heavy (non-hydrogen) atoms. The highest BCUT2D eigenvalue weighted by Gasteiger charge is 2.19. The smallest absolute Gasteiger partial charge is 0.0711 e. The van der Waals surface area contributed by atoms with E-state index < -0.39 is 0 Å². The quantitative estimate of drug-likeness (QED) is 0.0789. The fourth-order valence-electron chi connectivity index (χ4n) is 8.24. The third-order valence-electron chi connectivity index (χ3n) is 11.8. The summed E-state index contributed by atoms with van der Waals surface area (Å²) in [5.41, 5.74) is 18.3. The summed E-state index contributed by atoms with van der Waals surface area (Å²) in [6.07, 6.45) is 7.63. The van der Waals surface area contributed by atoms with E-state index >= 15 is 0 Å². The van der Waals surface area contributed by atoms with Crippen molar-refractivity contribution in [2.45, 2.75) is 53.9 Å². The van der Waals surface area contributed by atoms with Crippen LogP contribution in [0.4, 0.5) is 11.4 Å². The van der Waals surface area contributed by atoms with Gasteiger partial charge in [-0.1, -0.05) is 202 Å². The number of hydrogen-bond acceptors (Lipinski definition) is 2. The Balaban J connectivity index is 1.17. The highest BCUT2D eigenvalue weighted by molar-refractivity contribution is 6.06. The molecular weight excluding hydrogens is 761 g/mol. The Morgan fingerprint density at radius 2 is 1.19 bits per heavy atom. The Morgan fingerprint density at radius 1 is 0.587 bits per heavy atom. The second-order valence-electron chi connectivity index (χ2n) is 16.1. The molecule has 2 nitrogen and oxygen atoms in total. The standard InChI is InChI=1S/C61H54N2/c1-6-8-33-60(63(54-29-16-11-17-30-54)59-34-19-18-22-45(59)4)52-41-39-49(40-42-52)56-32-21-28-53-27-20-31-55(61(53)56)48-35-37-50(38-36-48)57(44(3)7-2)43-58(51-25-14-10-15-26-51)62-46(5)47-23-12-9-13-24-47/h9-19,21-26,28-43H,6-8H2,1-5H3/b57-44+,58-43-,60-33+,62-46+. The predicted molar refractivity (Wildman–Crippen MR) is 271 cm³/mol. The zero-order chi connectivity index (χ0) is 43.5. The molecule has 2 heteroatoms. The van der Waals surface area contributed by atoms with E-state index in [9.17, 15) is 0 Å². The minimum Gasteiger partial charge on any atom is -0.310 e. The van der Waals surface area contributed by atoms with Gasteiger partial charge in [0, 0.05) is 39.1 Å². The molecule has 8 rings (SSSR count). The Bertz CT molecular complexity index is 2910. The summed E-state index contributed by atoms with van der Waals surface area (Å²) in [5, 5.41) is 2.21. The molecule has 308 valence electrons. The van der Waals surface area contributed by atoms with Crippen molar-refractivity contribution in [3.63, 3.8) is 0 Å². The molecule has 0 fully saturated rings. The number of aryl methyl sites for hydroxylation is 1. The summed E-state index contributed by atoms with van der Waals surface area (Å²) in [7, 11) is 0. The number of fused-ring (bicyclic) bond motifs is 1. The van der Waals surface area contributed by atoms with E-state index in [1.165, 1.54) is 44.6 Å². The van der Waals surface area contributed by atoms with E-state index in [1.807, 2.05) is 6.07 Å². The van der Waals surface area contributed by atoms with Crippen molar-refractivity contribution < 1.29 is 0 Å². The SMILES string of the molecule is CCC/C=C(\c1ccc(-c2cccc3c#ccc(-c4ccc(C(/C=C(\N=C(/C)c5ccccc5)c5ccccc5)=C(\C)CC)cc4)c23)cc1)N(c1ccccc1)c1ccccc1C. The van der Waals surface area contributed by atoms with E-state index in [0.29, 0.717) is 0 Å². The molecule has 0 saturated heterocycles. The monoisotopic (exact) mass is 814 g/mol. The van der Waals surface area contributed by atoms with Crippen molar-refractivity contribution in [1.82, 2.24) is 0 Å². The molecule has 0 spiro atoms. The molecule has 0 amide bonds. The molecule has 0 heterocycles. The van der Waals surface area contributed by atoms with Gasteiger partial charge in [0.1, 0.15) is 0 Å². The number of anilines is 2. The lowest BCUT2D eigenvalue weighted by atomic mass is 9.90. The average Bonchev–Trinajstić information content (AvgIpc) is 3.35. The Labute approximate surface area is 375 Å². The summed E-state index contributed by atoms with van der Waals surface area (Å²) in [4.78, 5) is 7.64. The third-order valence-corrected chi connectivity index (χ3v) is 11.8. The van der Waals surface area contributed by atoms with Crippen LogP contribution in [0.15, 0.2) is 211 Å². The number of allylic oxidation sites excluding steroid dienone is 4. The predicted octanol–water partition coefficient (Wildman–Crippen LogP) is 16.8. The van der Waals surface area contributed by atoms with Gasteiger partial charge in [-0.3, -0.25) is 4.99 Å². The molecule has 0 atom stereocenters. The van der Waals surface area contributed by atoms with Crippen LogP contribution in [0.1, 0.15) is 74.8 Å². The lowest BCUT2D eigenvalue weighted by Gasteiger charge is -2.30. The first-order chi connectivity index (χ1) is 30.9. The number of unbranched alkanes of at least 4 members (excludes halogenated alkanes) is 1. The summed E-state index contributed by atoms with van der Waals surface area (Å²) < 4.78 is 0. The van der Waals surface area contributed by atoms with Gasteiger partial charge < -0.3 is 4.90 Å². The maximum Gasteiger partial charge on any atom is 0.0711 e. The van der Waals surface area contributed by atoms with Crippen LogP contribution in [0.5, 0.6) is 0 Å². The minimum absolute atomic E-state index is 0.930. The van der Waals surface area contributed by atoms with Gasteiger partial charge in [0.2, 0.25) is 0 Å². The van der Waals surface area contributed by atoms with Crippen LogP contribution >= 0.6 is 0 Å². The molecule has 0 bridgehead atoms. The van der Waals surface area contributed by atoms with Crippen molar-refractivity contribution >= 4 is 44.8 Å². The van der Waals surface area contributed by atoms with Crippen molar-refractivity contribution in [3.05, 3.63) is 246 Å². The molecule has 0 saturated carbocycles. The molecule has 8 aromatic rings. The summed E-state index contributed by atoms with van der Waals surface area (Å²) in [6, 6.07) is 73.8. The van der Waals surface area contributed by atoms with Gasteiger partial charge in [-0.05, 0) is 120 Å². The third kappa shape index (κ3) is 9.55. The van der Waals surface area contributed by atoms with Gasteiger partial charge in [-0.15, -0.1) is 0 Å². The molecule has 0 N–H and O–H groups in total. The zero-order valence-electron chi connectivity index (χ0n) is 37.1. The van der Waals surface area contributed by atoms with Gasteiger partial charge >= 0.3 is 0 Å². The van der Waals surface area contributed by atoms with Gasteiger partial charge in [-0.25, -0.2) is 0 Å². The maximum atomic E-state index is 5.23. The normalized spacial score (nSPS) is 12.5. The Kier molecular flexibility index (Phi) is 13.4. The van der Waals surface area contributed by atoms with E-state index in [2.05, 4.69) is 246 Å². The van der Waals surface area contributed by atoms with Crippen LogP contribution in [0.3, 0.4) is 0 Å². The maximum absolute atomic E-state index is 5.23. The second-order valence-corrected chi connectivity index (χ2v) is 16.1. The fourth-order valence-corrected chi connectivity index (χ4v) is 8.24. The number of para-hydroxylation sites is 2. The molecule has 0 aromatic heterocycles. The molecule has 0 unspecified atom stereocenters. The highest BCUT2D eigenvalue weighted by atomic mass is 15.2. The first-order valence-electron chi connectivity index (χ1n) is 22.2. The summed E-state index contributed by atoms with van der Waals surface area (Å²) >= 11 is 0. The molecule has 0 aliphatic heterocycles.